The van der Waals surface area contributed by atoms with E-state index < -0.39 is 5.54 Å². The summed E-state index contributed by atoms with van der Waals surface area (Å²) < 4.78 is 0. The maximum Gasteiger partial charge on any atom is 0.252 e. The minimum atomic E-state index is -0.597. The second-order valence-corrected chi connectivity index (χ2v) is 6.33. The normalized spacial score (nSPS) is 18.0. The largest absolute Gasteiger partial charge is 0.357 e. The van der Waals surface area contributed by atoms with Gasteiger partial charge in [0.1, 0.15) is 6.04 Å². The predicted molar refractivity (Wildman–Crippen MR) is 85.7 cm³/mol. The number of nitrogens with one attached hydrogen (secondary N) is 2. The smallest absolute Gasteiger partial charge is 0.252 e. The number of hydrogen-bond donors (Lipinski definition) is 2. The zero-order valence-electron chi connectivity index (χ0n) is 12.3. The molecule has 1 aromatic rings. The van der Waals surface area contributed by atoms with Crippen LogP contribution in [0.1, 0.15) is 24.2 Å². The van der Waals surface area contributed by atoms with Crippen LogP contribution in [0.15, 0.2) is 35.3 Å². The molecule has 0 saturated carbocycles. The highest BCUT2D eigenvalue weighted by atomic mass is 32.2. The molecular weight excluding hydrogens is 286 g/mol. The Bertz CT molecular complexity index is 570. The van der Waals surface area contributed by atoms with Crippen molar-refractivity contribution in [3.63, 3.8) is 0 Å². The van der Waals surface area contributed by atoms with Gasteiger partial charge in [-0.2, -0.15) is 0 Å². The third-order valence-corrected chi connectivity index (χ3v) is 4.57. The predicted octanol–water partition coefficient (Wildman–Crippen LogP) is 1.45. The zero-order valence-corrected chi connectivity index (χ0v) is 13.2. The van der Waals surface area contributed by atoms with Gasteiger partial charge in [0.25, 0.3) is 5.91 Å². The molecule has 0 unspecified atom stereocenters. The highest BCUT2D eigenvalue weighted by Crippen LogP contribution is 2.26. The fourth-order valence-corrected chi connectivity index (χ4v) is 3.17. The monoisotopic (exact) mass is 305 g/mol. The molecule has 2 N–H and O–H groups in total. The fraction of sp³-hybridized carbons (Fsp3) is 0.400. The summed E-state index contributed by atoms with van der Waals surface area (Å²) in [6.07, 6.45) is 0. The Labute approximate surface area is 128 Å². The number of hydrogen-bond acceptors (Lipinski definition) is 4. The number of likely N-dealkylation sites (N-methyl/N-ethyl adjacent to an activating group) is 1. The maximum atomic E-state index is 12.2. The third-order valence-electron chi connectivity index (χ3n) is 3.20. The lowest BCUT2D eigenvalue weighted by molar-refractivity contribution is -0.121. The molecule has 0 aromatic heterocycles. The van der Waals surface area contributed by atoms with Gasteiger partial charge in [-0.1, -0.05) is 18.2 Å². The average Bonchev–Trinajstić information content (AvgIpc) is 2.97. The molecule has 1 aromatic carbocycles. The van der Waals surface area contributed by atoms with E-state index in [4.69, 9.17) is 0 Å². The molecule has 112 valence electrons. The van der Waals surface area contributed by atoms with Gasteiger partial charge in [0, 0.05) is 18.4 Å². The Balaban J connectivity index is 2.09. The van der Waals surface area contributed by atoms with E-state index in [1.807, 2.05) is 32.0 Å². The summed E-state index contributed by atoms with van der Waals surface area (Å²) in [5, 5.41) is 6.35. The number of aliphatic imine (C=N–C) groups is 1. The number of thioether (sulfide) groups is 1. The van der Waals surface area contributed by atoms with Crippen LogP contribution < -0.4 is 10.6 Å². The van der Waals surface area contributed by atoms with Crippen LogP contribution in [-0.2, 0) is 4.79 Å². The number of benzene rings is 1. The summed E-state index contributed by atoms with van der Waals surface area (Å²) in [5.41, 5.74) is 0.0115. The fourth-order valence-electron chi connectivity index (χ4n) is 2.02. The average molecular weight is 305 g/mol. The summed E-state index contributed by atoms with van der Waals surface area (Å²) in [6, 6.07) is 8.68. The first kappa shape index (κ1) is 15.6. The molecule has 1 atom stereocenters. The number of nitrogens with zero attached hydrogens (tertiary/aromatic N) is 1. The topological polar surface area (TPSA) is 70.6 Å². The van der Waals surface area contributed by atoms with Crippen molar-refractivity contribution in [1.29, 1.82) is 0 Å². The van der Waals surface area contributed by atoms with Crippen molar-refractivity contribution in [2.24, 2.45) is 4.99 Å². The van der Waals surface area contributed by atoms with Crippen molar-refractivity contribution in [2.45, 2.75) is 25.4 Å². The minimum Gasteiger partial charge on any atom is -0.357 e. The quantitative estimate of drug-likeness (QED) is 0.884. The zero-order chi connectivity index (χ0) is 15.5. The summed E-state index contributed by atoms with van der Waals surface area (Å²) >= 11 is 1.51. The van der Waals surface area contributed by atoms with Crippen molar-refractivity contribution in [3.05, 3.63) is 35.9 Å². The Morgan fingerprint density at radius 2 is 1.95 bits per heavy atom. The summed E-state index contributed by atoms with van der Waals surface area (Å²) in [4.78, 5) is 28.3. The molecule has 1 aliphatic rings. The number of carbonyl (C=O) groups excluding carboxylic acids is 2. The van der Waals surface area contributed by atoms with Crippen LogP contribution in [-0.4, -0.2) is 41.2 Å². The summed E-state index contributed by atoms with van der Waals surface area (Å²) in [6.45, 7) is 3.79. The standard InChI is InChI=1S/C15H19N3O2S/c1-15(2,14-17-11(9-21-14)13(20)16-3)18-12(19)10-7-5-4-6-8-10/h4-8,11H,9H2,1-3H3,(H,16,20)(H,18,19)/t11-/m0/s1. The molecule has 0 aliphatic carbocycles. The van der Waals surface area contributed by atoms with E-state index in [9.17, 15) is 9.59 Å². The van der Waals surface area contributed by atoms with Crippen molar-refractivity contribution in [3.8, 4) is 0 Å². The third kappa shape index (κ3) is 3.64. The second-order valence-electron chi connectivity index (χ2n) is 5.32. The van der Waals surface area contributed by atoms with Gasteiger partial charge >= 0.3 is 0 Å². The number of rotatable bonds is 4. The molecule has 0 spiro atoms. The Morgan fingerprint density at radius 3 is 2.57 bits per heavy atom. The molecule has 0 fully saturated rings. The highest BCUT2D eigenvalue weighted by Gasteiger charge is 2.34. The lowest BCUT2D eigenvalue weighted by Gasteiger charge is -2.26. The van der Waals surface area contributed by atoms with E-state index in [1.165, 1.54) is 11.8 Å². The van der Waals surface area contributed by atoms with E-state index in [-0.39, 0.29) is 17.9 Å². The van der Waals surface area contributed by atoms with Crippen molar-refractivity contribution in [1.82, 2.24) is 10.6 Å². The highest BCUT2D eigenvalue weighted by molar-refractivity contribution is 8.14. The summed E-state index contributed by atoms with van der Waals surface area (Å²) in [7, 11) is 1.60. The van der Waals surface area contributed by atoms with Gasteiger partial charge in [-0.25, -0.2) is 0 Å². The summed E-state index contributed by atoms with van der Waals surface area (Å²) in [5.74, 6) is 0.370. The van der Waals surface area contributed by atoms with Crippen molar-refractivity contribution < 1.29 is 9.59 Å². The SMILES string of the molecule is CNC(=O)[C@@H]1CSC(C(C)(C)NC(=O)c2ccccc2)=N1. The molecular formula is C15H19N3O2S. The molecule has 21 heavy (non-hydrogen) atoms. The Morgan fingerprint density at radius 1 is 1.29 bits per heavy atom. The van der Waals surface area contributed by atoms with Crippen LogP contribution in [0, 0.1) is 0 Å². The Hall–Kier alpha value is -1.82. The van der Waals surface area contributed by atoms with Crippen LogP contribution >= 0.6 is 11.8 Å². The van der Waals surface area contributed by atoms with Gasteiger partial charge in [0.2, 0.25) is 5.91 Å². The molecule has 1 aliphatic heterocycles. The minimum absolute atomic E-state index is 0.0947. The molecule has 5 nitrogen and oxygen atoms in total. The molecule has 0 saturated heterocycles. The molecule has 1 heterocycles. The first-order valence-electron chi connectivity index (χ1n) is 6.74. The first-order chi connectivity index (χ1) is 9.94. The van der Waals surface area contributed by atoms with Crippen molar-refractivity contribution >= 4 is 28.6 Å². The maximum absolute atomic E-state index is 12.2. The first-order valence-corrected chi connectivity index (χ1v) is 7.73. The van der Waals surface area contributed by atoms with Gasteiger partial charge in [0.15, 0.2) is 0 Å². The van der Waals surface area contributed by atoms with Crippen LogP contribution in [0.25, 0.3) is 0 Å². The second kappa shape index (κ2) is 6.30. The van der Waals surface area contributed by atoms with Gasteiger partial charge in [-0.3, -0.25) is 14.6 Å². The van der Waals surface area contributed by atoms with Gasteiger partial charge < -0.3 is 10.6 Å². The van der Waals surface area contributed by atoms with Gasteiger partial charge in [0.05, 0.1) is 10.6 Å². The van der Waals surface area contributed by atoms with Crippen molar-refractivity contribution in [2.75, 3.05) is 12.8 Å². The molecule has 2 amide bonds. The molecule has 6 heteroatoms. The Kier molecular flexibility index (Phi) is 4.67. The number of carbonyl (C=O) groups is 2. The van der Waals surface area contributed by atoms with E-state index in [0.717, 1.165) is 5.04 Å². The van der Waals surface area contributed by atoms with E-state index in [0.29, 0.717) is 11.3 Å². The van der Waals surface area contributed by atoms with Crippen LogP contribution in [0.5, 0.6) is 0 Å². The van der Waals surface area contributed by atoms with Gasteiger partial charge in [-0.05, 0) is 26.0 Å². The number of amides is 2. The molecule has 2 rings (SSSR count). The van der Waals surface area contributed by atoms with E-state index in [2.05, 4.69) is 15.6 Å². The van der Waals surface area contributed by atoms with E-state index >= 15 is 0 Å². The molecule has 0 bridgehead atoms. The van der Waals surface area contributed by atoms with E-state index in [1.54, 1.807) is 19.2 Å². The van der Waals surface area contributed by atoms with Gasteiger partial charge in [-0.15, -0.1) is 11.8 Å². The van der Waals surface area contributed by atoms with Crippen LogP contribution in [0.3, 0.4) is 0 Å². The van der Waals surface area contributed by atoms with Crippen LogP contribution in [0.4, 0.5) is 0 Å². The van der Waals surface area contributed by atoms with Crippen LogP contribution in [0.2, 0.25) is 0 Å². The lowest BCUT2D eigenvalue weighted by atomic mass is 10.1. The molecule has 0 radical (unpaired) electrons. The lowest BCUT2D eigenvalue weighted by Crippen LogP contribution is -2.48.